The standard InChI is InChI=1S/C9H8ClN/c10-9-6-5-7-3-1-2-4-8(7)11-9/h1-8H. The average molecular weight is 166 g/mol. The van der Waals surface area contributed by atoms with Gasteiger partial charge in [-0.15, -0.1) is 0 Å². The second-order valence-corrected chi connectivity index (χ2v) is 3.04. The fourth-order valence-corrected chi connectivity index (χ4v) is 1.48. The lowest BCUT2D eigenvalue weighted by molar-refractivity contribution is 0.682. The molecule has 0 spiro atoms. The number of rotatable bonds is 0. The maximum atomic E-state index is 5.74. The summed E-state index contributed by atoms with van der Waals surface area (Å²) in [5, 5.41) is 0.603. The van der Waals surface area contributed by atoms with Gasteiger partial charge in [-0.05, 0) is 6.08 Å². The molecule has 0 saturated carbocycles. The topological polar surface area (TPSA) is 12.4 Å². The summed E-state index contributed by atoms with van der Waals surface area (Å²) in [5.41, 5.74) is 0. The first-order chi connectivity index (χ1) is 5.36. The van der Waals surface area contributed by atoms with Gasteiger partial charge in [0.25, 0.3) is 0 Å². The van der Waals surface area contributed by atoms with E-state index in [1.165, 1.54) is 0 Å². The second kappa shape index (κ2) is 2.67. The van der Waals surface area contributed by atoms with Gasteiger partial charge in [0.1, 0.15) is 5.17 Å². The highest BCUT2D eigenvalue weighted by Crippen LogP contribution is 2.21. The molecule has 2 atom stereocenters. The molecule has 0 N–H and O–H groups in total. The van der Waals surface area contributed by atoms with Crippen LogP contribution < -0.4 is 0 Å². The molecule has 0 aromatic carbocycles. The summed E-state index contributed by atoms with van der Waals surface area (Å²) in [6.45, 7) is 0. The maximum Gasteiger partial charge on any atom is 0.123 e. The van der Waals surface area contributed by atoms with Crippen molar-refractivity contribution in [3.05, 3.63) is 36.5 Å². The van der Waals surface area contributed by atoms with Gasteiger partial charge >= 0.3 is 0 Å². The molecule has 0 bridgehead atoms. The first kappa shape index (κ1) is 6.86. The van der Waals surface area contributed by atoms with Gasteiger partial charge in [-0.3, -0.25) is 4.99 Å². The molecule has 0 radical (unpaired) electrons. The molecular weight excluding hydrogens is 158 g/mol. The molecule has 1 aliphatic heterocycles. The monoisotopic (exact) mass is 165 g/mol. The Labute approximate surface area is 70.8 Å². The van der Waals surface area contributed by atoms with E-state index in [-0.39, 0.29) is 6.04 Å². The summed E-state index contributed by atoms with van der Waals surface area (Å²) >= 11 is 5.74. The van der Waals surface area contributed by atoms with Gasteiger partial charge < -0.3 is 0 Å². The first-order valence-electron chi connectivity index (χ1n) is 3.63. The van der Waals surface area contributed by atoms with Crippen molar-refractivity contribution in [3.8, 4) is 0 Å². The molecule has 0 aromatic rings. The summed E-state index contributed by atoms with van der Waals surface area (Å²) in [5.74, 6) is 0.419. The summed E-state index contributed by atoms with van der Waals surface area (Å²) in [6, 6.07) is 0.234. The third-order valence-corrected chi connectivity index (χ3v) is 2.10. The third kappa shape index (κ3) is 1.29. The van der Waals surface area contributed by atoms with Gasteiger partial charge in [-0.25, -0.2) is 0 Å². The van der Waals surface area contributed by atoms with Crippen LogP contribution in [0.3, 0.4) is 0 Å². The third-order valence-electron chi connectivity index (χ3n) is 1.88. The van der Waals surface area contributed by atoms with E-state index in [1.807, 2.05) is 18.2 Å². The number of halogens is 1. The molecule has 56 valence electrons. The largest absolute Gasteiger partial charge is 0.265 e. The number of hydrogen-bond acceptors (Lipinski definition) is 1. The van der Waals surface area contributed by atoms with Crippen molar-refractivity contribution in [3.63, 3.8) is 0 Å². The van der Waals surface area contributed by atoms with Crippen molar-refractivity contribution in [2.75, 3.05) is 0 Å². The van der Waals surface area contributed by atoms with Crippen LogP contribution in [-0.4, -0.2) is 11.2 Å². The van der Waals surface area contributed by atoms with E-state index < -0.39 is 0 Å². The van der Waals surface area contributed by atoms with Crippen LogP contribution in [0.1, 0.15) is 0 Å². The van der Waals surface area contributed by atoms with Crippen LogP contribution in [-0.2, 0) is 0 Å². The average Bonchev–Trinajstić information content (AvgIpc) is 2.04. The number of fused-ring (bicyclic) bond motifs is 1. The number of nitrogens with zero attached hydrogens (tertiary/aromatic N) is 1. The molecule has 2 heteroatoms. The molecule has 2 unspecified atom stereocenters. The van der Waals surface area contributed by atoms with Crippen molar-refractivity contribution in [1.82, 2.24) is 0 Å². The van der Waals surface area contributed by atoms with Gasteiger partial charge in [0.2, 0.25) is 0 Å². The smallest absolute Gasteiger partial charge is 0.123 e. The van der Waals surface area contributed by atoms with Gasteiger partial charge in [0.05, 0.1) is 6.04 Å². The minimum Gasteiger partial charge on any atom is -0.265 e. The molecular formula is C9H8ClN. The minimum atomic E-state index is 0.234. The zero-order chi connectivity index (χ0) is 7.68. The van der Waals surface area contributed by atoms with E-state index in [4.69, 9.17) is 11.6 Å². The van der Waals surface area contributed by atoms with Gasteiger partial charge in [0, 0.05) is 5.92 Å². The fourth-order valence-electron chi connectivity index (χ4n) is 1.30. The van der Waals surface area contributed by atoms with Crippen molar-refractivity contribution in [2.45, 2.75) is 6.04 Å². The van der Waals surface area contributed by atoms with Crippen LogP contribution in [0.15, 0.2) is 41.4 Å². The number of aliphatic imine (C=N–C) groups is 1. The summed E-state index contributed by atoms with van der Waals surface area (Å²) in [4.78, 5) is 4.26. The van der Waals surface area contributed by atoms with Crippen molar-refractivity contribution >= 4 is 16.8 Å². The van der Waals surface area contributed by atoms with Crippen LogP contribution in [0.2, 0.25) is 0 Å². The van der Waals surface area contributed by atoms with E-state index in [2.05, 4.69) is 23.2 Å². The molecule has 1 heterocycles. The highest BCUT2D eigenvalue weighted by Gasteiger charge is 2.17. The Hall–Kier alpha value is -0.820. The zero-order valence-corrected chi connectivity index (χ0v) is 6.70. The number of dihydropyridines is 1. The molecule has 11 heavy (non-hydrogen) atoms. The maximum absolute atomic E-state index is 5.74. The minimum absolute atomic E-state index is 0.234. The van der Waals surface area contributed by atoms with Crippen molar-refractivity contribution < 1.29 is 0 Å². The lowest BCUT2D eigenvalue weighted by Gasteiger charge is -2.20. The Morgan fingerprint density at radius 2 is 2.00 bits per heavy atom. The summed E-state index contributed by atoms with van der Waals surface area (Å²) in [6.07, 6.45) is 12.2. The Kier molecular flexibility index (Phi) is 1.66. The SMILES string of the molecule is ClC1=NC2C=CC=CC2C=C1. The van der Waals surface area contributed by atoms with Gasteiger partial charge in [-0.1, -0.05) is 42.0 Å². The van der Waals surface area contributed by atoms with Crippen molar-refractivity contribution in [2.24, 2.45) is 10.9 Å². The van der Waals surface area contributed by atoms with Crippen LogP contribution in [0.5, 0.6) is 0 Å². The highest BCUT2D eigenvalue weighted by molar-refractivity contribution is 6.68. The number of allylic oxidation sites excluding steroid dienone is 3. The molecule has 0 aromatic heterocycles. The second-order valence-electron chi connectivity index (χ2n) is 2.65. The molecule has 0 saturated heterocycles. The fraction of sp³-hybridized carbons (Fsp3) is 0.222. The van der Waals surface area contributed by atoms with Crippen LogP contribution in [0, 0.1) is 5.92 Å². The zero-order valence-electron chi connectivity index (χ0n) is 5.94. The van der Waals surface area contributed by atoms with E-state index in [9.17, 15) is 0 Å². The van der Waals surface area contributed by atoms with E-state index in [0.717, 1.165) is 0 Å². The van der Waals surface area contributed by atoms with E-state index in [0.29, 0.717) is 11.1 Å². The highest BCUT2D eigenvalue weighted by atomic mass is 35.5. The lowest BCUT2D eigenvalue weighted by Crippen LogP contribution is -2.18. The molecule has 2 rings (SSSR count). The molecule has 0 amide bonds. The molecule has 0 fully saturated rings. The number of hydrogen-bond donors (Lipinski definition) is 0. The molecule has 1 aliphatic carbocycles. The Morgan fingerprint density at radius 1 is 1.18 bits per heavy atom. The Balaban J connectivity index is 2.29. The normalized spacial score (nSPS) is 33.4. The van der Waals surface area contributed by atoms with Gasteiger partial charge in [-0.2, -0.15) is 0 Å². The quantitative estimate of drug-likeness (QED) is 0.523. The predicted octanol–water partition coefficient (Wildman–Crippen LogP) is 2.30. The van der Waals surface area contributed by atoms with Crippen LogP contribution >= 0.6 is 11.6 Å². The summed E-state index contributed by atoms with van der Waals surface area (Å²) in [7, 11) is 0. The predicted molar refractivity (Wildman–Crippen MR) is 48.0 cm³/mol. The van der Waals surface area contributed by atoms with Crippen LogP contribution in [0.4, 0.5) is 0 Å². The molecule has 2 aliphatic rings. The van der Waals surface area contributed by atoms with Crippen LogP contribution in [0.25, 0.3) is 0 Å². The van der Waals surface area contributed by atoms with E-state index >= 15 is 0 Å². The van der Waals surface area contributed by atoms with Crippen molar-refractivity contribution in [1.29, 1.82) is 0 Å². The molecule has 1 nitrogen and oxygen atoms in total. The lowest BCUT2D eigenvalue weighted by atomic mass is 9.94. The Bertz CT molecular complexity index is 273. The Morgan fingerprint density at radius 3 is 2.91 bits per heavy atom. The van der Waals surface area contributed by atoms with Gasteiger partial charge in [0.15, 0.2) is 0 Å². The summed E-state index contributed by atoms with van der Waals surface area (Å²) < 4.78 is 0. The van der Waals surface area contributed by atoms with E-state index in [1.54, 1.807) is 0 Å². The first-order valence-corrected chi connectivity index (χ1v) is 4.00.